The van der Waals surface area contributed by atoms with Gasteiger partial charge in [-0.15, -0.1) is 0 Å². The normalized spacial score (nSPS) is 11.3. The standard InChI is InChI=1S/C16H15F3N2OS/c1-21(2)15(22)11-5-3-4-6-13(11)23-14-8-7-10(9-12(14)20)16(17,18)19/h3-9H,20H2,1-2H3. The predicted molar refractivity (Wildman–Crippen MR) is 84.4 cm³/mol. The fourth-order valence-electron chi connectivity index (χ4n) is 1.91. The quantitative estimate of drug-likeness (QED) is 0.854. The average molecular weight is 340 g/mol. The molecule has 0 saturated heterocycles. The second-order valence-corrected chi connectivity index (χ2v) is 6.13. The van der Waals surface area contributed by atoms with Crippen LogP contribution in [0.15, 0.2) is 52.3 Å². The van der Waals surface area contributed by atoms with Gasteiger partial charge in [0, 0.05) is 29.6 Å². The van der Waals surface area contributed by atoms with Crippen LogP contribution in [0.25, 0.3) is 0 Å². The number of rotatable bonds is 3. The lowest BCUT2D eigenvalue weighted by Crippen LogP contribution is -2.22. The summed E-state index contributed by atoms with van der Waals surface area (Å²) in [7, 11) is 3.27. The van der Waals surface area contributed by atoms with Crippen LogP contribution in [0.2, 0.25) is 0 Å². The molecule has 2 aromatic rings. The number of halogens is 3. The van der Waals surface area contributed by atoms with Crippen molar-refractivity contribution in [2.75, 3.05) is 19.8 Å². The van der Waals surface area contributed by atoms with E-state index in [-0.39, 0.29) is 11.6 Å². The Balaban J connectivity index is 2.36. The monoisotopic (exact) mass is 340 g/mol. The number of nitrogens with two attached hydrogens (primary N) is 1. The van der Waals surface area contributed by atoms with E-state index in [0.717, 1.165) is 12.1 Å². The molecule has 0 aromatic heterocycles. The van der Waals surface area contributed by atoms with Gasteiger partial charge < -0.3 is 10.6 Å². The summed E-state index contributed by atoms with van der Waals surface area (Å²) in [5.74, 6) is -0.182. The summed E-state index contributed by atoms with van der Waals surface area (Å²) >= 11 is 1.17. The summed E-state index contributed by atoms with van der Waals surface area (Å²) in [6.07, 6.45) is -4.43. The third kappa shape index (κ3) is 3.98. The van der Waals surface area contributed by atoms with Crippen molar-refractivity contribution in [3.05, 3.63) is 53.6 Å². The molecule has 2 N–H and O–H groups in total. The molecule has 2 rings (SSSR count). The smallest absolute Gasteiger partial charge is 0.398 e. The molecule has 1 amide bonds. The van der Waals surface area contributed by atoms with Crippen LogP contribution in [0.1, 0.15) is 15.9 Å². The largest absolute Gasteiger partial charge is 0.416 e. The zero-order valence-corrected chi connectivity index (χ0v) is 13.3. The van der Waals surface area contributed by atoms with Crippen LogP contribution >= 0.6 is 11.8 Å². The van der Waals surface area contributed by atoms with Gasteiger partial charge in [-0.05, 0) is 30.3 Å². The van der Waals surface area contributed by atoms with Gasteiger partial charge >= 0.3 is 6.18 Å². The predicted octanol–water partition coefficient (Wildman–Crippen LogP) is 4.14. The minimum Gasteiger partial charge on any atom is -0.398 e. The van der Waals surface area contributed by atoms with Gasteiger partial charge in [0.25, 0.3) is 5.91 Å². The highest BCUT2D eigenvalue weighted by Gasteiger charge is 2.30. The molecule has 0 aliphatic heterocycles. The zero-order chi connectivity index (χ0) is 17.2. The van der Waals surface area contributed by atoms with Gasteiger partial charge in [0.15, 0.2) is 0 Å². The van der Waals surface area contributed by atoms with Crippen LogP contribution in [-0.4, -0.2) is 24.9 Å². The first-order valence-corrected chi connectivity index (χ1v) is 7.47. The summed E-state index contributed by atoms with van der Waals surface area (Å²) in [6, 6.07) is 10.1. The summed E-state index contributed by atoms with van der Waals surface area (Å²) in [4.78, 5) is 14.7. The molecule has 0 atom stereocenters. The maximum Gasteiger partial charge on any atom is 0.416 e. The fourth-order valence-corrected chi connectivity index (χ4v) is 2.87. The topological polar surface area (TPSA) is 46.3 Å². The third-order valence-corrected chi connectivity index (χ3v) is 4.25. The molecule has 0 bridgehead atoms. The highest BCUT2D eigenvalue weighted by Crippen LogP contribution is 2.38. The van der Waals surface area contributed by atoms with E-state index in [1.807, 2.05) is 0 Å². The lowest BCUT2D eigenvalue weighted by molar-refractivity contribution is -0.137. The first-order valence-electron chi connectivity index (χ1n) is 6.65. The number of hydrogen-bond donors (Lipinski definition) is 1. The van der Waals surface area contributed by atoms with Crippen molar-refractivity contribution in [1.82, 2.24) is 4.90 Å². The number of carbonyl (C=O) groups is 1. The molecule has 7 heteroatoms. The second-order valence-electron chi connectivity index (χ2n) is 5.05. The number of carbonyl (C=O) groups excluding carboxylic acids is 1. The van der Waals surface area contributed by atoms with E-state index in [0.29, 0.717) is 15.4 Å². The Labute approximate surface area is 136 Å². The Hall–Kier alpha value is -2.15. The molecule has 0 aliphatic carbocycles. The molecule has 0 aliphatic rings. The van der Waals surface area contributed by atoms with Gasteiger partial charge in [0.1, 0.15) is 0 Å². The molecule has 3 nitrogen and oxygen atoms in total. The summed E-state index contributed by atoms with van der Waals surface area (Å²) in [6.45, 7) is 0. The van der Waals surface area contributed by atoms with Crippen molar-refractivity contribution in [2.24, 2.45) is 0 Å². The molecular formula is C16H15F3N2OS. The number of amides is 1. The Morgan fingerprint density at radius 1 is 1.09 bits per heavy atom. The summed E-state index contributed by atoms with van der Waals surface area (Å²) in [5, 5.41) is 0. The fraction of sp³-hybridized carbons (Fsp3) is 0.188. The number of alkyl halides is 3. The van der Waals surface area contributed by atoms with Crippen molar-refractivity contribution in [1.29, 1.82) is 0 Å². The van der Waals surface area contributed by atoms with Crippen LogP contribution in [0.4, 0.5) is 18.9 Å². The van der Waals surface area contributed by atoms with Crippen molar-refractivity contribution in [3.8, 4) is 0 Å². The van der Waals surface area contributed by atoms with Gasteiger partial charge in [0.2, 0.25) is 0 Å². The van der Waals surface area contributed by atoms with Crippen LogP contribution in [0.3, 0.4) is 0 Å². The van der Waals surface area contributed by atoms with Crippen LogP contribution in [0, 0.1) is 0 Å². The van der Waals surface area contributed by atoms with Crippen molar-refractivity contribution in [3.63, 3.8) is 0 Å². The van der Waals surface area contributed by atoms with Crippen LogP contribution < -0.4 is 5.73 Å². The number of nitrogen functional groups attached to an aromatic ring is 1. The van der Waals surface area contributed by atoms with E-state index < -0.39 is 11.7 Å². The number of benzene rings is 2. The Bertz CT molecular complexity index is 730. The maximum absolute atomic E-state index is 12.7. The van der Waals surface area contributed by atoms with Crippen molar-refractivity contribution >= 4 is 23.4 Å². The van der Waals surface area contributed by atoms with Gasteiger partial charge in [-0.25, -0.2) is 0 Å². The second kappa shape index (κ2) is 6.54. The molecule has 0 saturated carbocycles. The third-order valence-electron chi connectivity index (χ3n) is 3.08. The van der Waals surface area contributed by atoms with E-state index in [1.54, 1.807) is 38.4 Å². The van der Waals surface area contributed by atoms with Crippen LogP contribution in [-0.2, 0) is 6.18 Å². The molecule has 0 spiro atoms. The number of nitrogens with zero attached hydrogens (tertiary/aromatic N) is 1. The molecule has 0 fully saturated rings. The Morgan fingerprint density at radius 2 is 1.74 bits per heavy atom. The van der Waals surface area contributed by atoms with E-state index in [2.05, 4.69) is 0 Å². The molecule has 2 aromatic carbocycles. The summed E-state index contributed by atoms with van der Waals surface area (Å²) in [5.41, 5.74) is 5.44. The van der Waals surface area contributed by atoms with E-state index in [9.17, 15) is 18.0 Å². The van der Waals surface area contributed by atoms with E-state index >= 15 is 0 Å². The molecule has 122 valence electrons. The average Bonchev–Trinajstić information content (AvgIpc) is 2.48. The first kappa shape index (κ1) is 17.2. The maximum atomic E-state index is 12.7. The molecule has 0 heterocycles. The minimum atomic E-state index is -4.43. The van der Waals surface area contributed by atoms with Crippen LogP contribution in [0.5, 0.6) is 0 Å². The van der Waals surface area contributed by atoms with Crippen molar-refractivity contribution in [2.45, 2.75) is 16.0 Å². The lowest BCUT2D eigenvalue weighted by atomic mass is 10.2. The molecule has 0 radical (unpaired) electrons. The van der Waals surface area contributed by atoms with Crippen molar-refractivity contribution < 1.29 is 18.0 Å². The van der Waals surface area contributed by atoms with E-state index in [4.69, 9.17) is 5.73 Å². The minimum absolute atomic E-state index is 0.0249. The highest BCUT2D eigenvalue weighted by atomic mass is 32.2. The van der Waals surface area contributed by atoms with Gasteiger partial charge in [0.05, 0.1) is 11.1 Å². The molecule has 0 unspecified atom stereocenters. The Morgan fingerprint density at radius 3 is 2.30 bits per heavy atom. The van der Waals surface area contributed by atoms with Gasteiger partial charge in [-0.3, -0.25) is 4.79 Å². The molecule has 23 heavy (non-hydrogen) atoms. The number of anilines is 1. The SMILES string of the molecule is CN(C)C(=O)c1ccccc1Sc1ccc(C(F)(F)F)cc1N. The Kier molecular flexibility index (Phi) is 4.89. The summed E-state index contributed by atoms with van der Waals surface area (Å²) < 4.78 is 38.0. The van der Waals surface area contributed by atoms with Gasteiger partial charge in [-0.1, -0.05) is 23.9 Å². The van der Waals surface area contributed by atoms with Gasteiger partial charge in [-0.2, -0.15) is 13.2 Å². The highest BCUT2D eigenvalue weighted by molar-refractivity contribution is 7.99. The first-order chi connectivity index (χ1) is 10.7. The number of hydrogen-bond acceptors (Lipinski definition) is 3. The lowest BCUT2D eigenvalue weighted by Gasteiger charge is -2.15. The van der Waals surface area contributed by atoms with E-state index in [1.165, 1.54) is 22.7 Å². The zero-order valence-electron chi connectivity index (χ0n) is 12.5. The molecular weight excluding hydrogens is 325 g/mol.